The van der Waals surface area contributed by atoms with E-state index in [2.05, 4.69) is 13.0 Å². The molecule has 0 bridgehead atoms. The van der Waals surface area contributed by atoms with Gasteiger partial charge in [0, 0.05) is 0 Å². The first-order valence-electron chi connectivity index (χ1n) is 5.56. The topological polar surface area (TPSA) is 20.2 Å². The minimum Gasteiger partial charge on any atom is -0.392 e. The quantitative estimate of drug-likeness (QED) is 0.686. The van der Waals surface area contributed by atoms with E-state index >= 15 is 0 Å². The van der Waals surface area contributed by atoms with E-state index in [1.54, 1.807) is 0 Å². The molecule has 78 valence electrons. The summed E-state index contributed by atoms with van der Waals surface area (Å²) in [7, 11) is 0. The zero-order valence-corrected chi connectivity index (χ0v) is 9.00. The first-order valence-corrected chi connectivity index (χ1v) is 5.56. The van der Waals surface area contributed by atoms with Crippen LogP contribution in [-0.2, 0) is 13.0 Å². The molecule has 0 saturated carbocycles. The second-order valence-electron chi connectivity index (χ2n) is 3.74. The zero-order chi connectivity index (χ0) is 10.2. The van der Waals surface area contributed by atoms with E-state index in [0.29, 0.717) is 0 Å². The average molecular weight is 192 g/mol. The Hall–Kier alpha value is -0.820. The van der Waals surface area contributed by atoms with Gasteiger partial charge < -0.3 is 5.11 Å². The molecule has 1 aromatic rings. The molecule has 0 atom stereocenters. The summed E-state index contributed by atoms with van der Waals surface area (Å²) in [5.41, 5.74) is 2.40. The smallest absolute Gasteiger partial charge is 0.0684 e. The van der Waals surface area contributed by atoms with Gasteiger partial charge in [0.2, 0.25) is 0 Å². The van der Waals surface area contributed by atoms with Crippen LogP contribution in [0.2, 0.25) is 0 Å². The van der Waals surface area contributed by atoms with Gasteiger partial charge in [-0.2, -0.15) is 0 Å². The third kappa shape index (κ3) is 3.51. The van der Waals surface area contributed by atoms with Crippen LogP contribution in [0.4, 0.5) is 0 Å². The zero-order valence-electron chi connectivity index (χ0n) is 9.00. The van der Waals surface area contributed by atoms with Gasteiger partial charge in [-0.05, 0) is 24.0 Å². The van der Waals surface area contributed by atoms with Crippen LogP contribution in [0.1, 0.15) is 43.7 Å². The van der Waals surface area contributed by atoms with Gasteiger partial charge >= 0.3 is 0 Å². The fourth-order valence-corrected chi connectivity index (χ4v) is 1.70. The number of unbranched alkanes of at least 4 members (excludes halogenated alkanes) is 3. The largest absolute Gasteiger partial charge is 0.392 e. The average Bonchev–Trinajstić information content (AvgIpc) is 2.25. The van der Waals surface area contributed by atoms with Gasteiger partial charge in [-0.15, -0.1) is 0 Å². The lowest BCUT2D eigenvalue weighted by atomic mass is 10.0. The number of benzene rings is 1. The number of hydrogen-bond donors (Lipinski definition) is 1. The van der Waals surface area contributed by atoms with Crippen molar-refractivity contribution in [1.82, 2.24) is 0 Å². The second kappa shape index (κ2) is 6.61. The van der Waals surface area contributed by atoms with Crippen molar-refractivity contribution in [1.29, 1.82) is 0 Å². The van der Waals surface area contributed by atoms with Gasteiger partial charge in [0.1, 0.15) is 0 Å². The summed E-state index contributed by atoms with van der Waals surface area (Å²) in [6, 6.07) is 8.17. The first-order chi connectivity index (χ1) is 6.88. The first kappa shape index (κ1) is 11.3. The summed E-state index contributed by atoms with van der Waals surface area (Å²) < 4.78 is 0. The lowest BCUT2D eigenvalue weighted by Crippen LogP contribution is -1.93. The van der Waals surface area contributed by atoms with Crippen LogP contribution in [0.5, 0.6) is 0 Å². The molecule has 0 aliphatic heterocycles. The molecule has 1 aromatic carbocycles. The molecular formula is C13H20O. The monoisotopic (exact) mass is 192 g/mol. The highest BCUT2D eigenvalue weighted by Gasteiger charge is 1.99. The van der Waals surface area contributed by atoms with Gasteiger partial charge in [0.25, 0.3) is 0 Å². The maximum atomic E-state index is 9.12. The SMILES string of the molecule is CCCCCCc1ccccc1CO. The minimum atomic E-state index is 0.171. The third-order valence-corrected chi connectivity index (χ3v) is 2.59. The number of aryl methyl sites for hydroxylation is 1. The Kier molecular flexibility index (Phi) is 5.31. The molecule has 0 radical (unpaired) electrons. The van der Waals surface area contributed by atoms with E-state index in [1.165, 1.54) is 31.2 Å². The molecule has 0 spiro atoms. The Morgan fingerprint density at radius 3 is 2.36 bits per heavy atom. The number of hydrogen-bond acceptors (Lipinski definition) is 1. The van der Waals surface area contributed by atoms with Crippen molar-refractivity contribution in [3.05, 3.63) is 35.4 Å². The van der Waals surface area contributed by atoms with Gasteiger partial charge in [0.05, 0.1) is 6.61 Å². The van der Waals surface area contributed by atoms with Crippen molar-refractivity contribution in [3.8, 4) is 0 Å². The Labute approximate surface area is 86.8 Å². The van der Waals surface area contributed by atoms with E-state index in [0.717, 1.165) is 12.0 Å². The van der Waals surface area contributed by atoms with Crippen LogP contribution >= 0.6 is 0 Å². The van der Waals surface area contributed by atoms with Crippen molar-refractivity contribution in [2.24, 2.45) is 0 Å². The van der Waals surface area contributed by atoms with Crippen LogP contribution in [0, 0.1) is 0 Å². The molecule has 1 N–H and O–H groups in total. The van der Waals surface area contributed by atoms with Crippen molar-refractivity contribution >= 4 is 0 Å². The van der Waals surface area contributed by atoms with Crippen molar-refractivity contribution < 1.29 is 5.11 Å². The van der Waals surface area contributed by atoms with Gasteiger partial charge in [-0.1, -0.05) is 50.5 Å². The number of aliphatic hydroxyl groups is 1. The standard InChI is InChI=1S/C13H20O/c1-2-3-4-5-8-12-9-6-7-10-13(12)11-14/h6-7,9-10,14H,2-5,8,11H2,1H3. The van der Waals surface area contributed by atoms with Crippen molar-refractivity contribution in [2.45, 2.75) is 45.6 Å². The summed E-state index contributed by atoms with van der Waals surface area (Å²) in [4.78, 5) is 0. The van der Waals surface area contributed by atoms with E-state index in [9.17, 15) is 0 Å². The van der Waals surface area contributed by atoms with E-state index in [-0.39, 0.29) is 6.61 Å². The van der Waals surface area contributed by atoms with Crippen LogP contribution in [0.3, 0.4) is 0 Å². The molecule has 1 rings (SSSR count). The Morgan fingerprint density at radius 2 is 1.71 bits per heavy atom. The van der Waals surface area contributed by atoms with Crippen LogP contribution in [-0.4, -0.2) is 5.11 Å². The molecule has 0 amide bonds. The third-order valence-electron chi connectivity index (χ3n) is 2.59. The van der Waals surface area contributed by atoms with Crippen LogP contribution < -0.4 is 0 Å². The molecule has 0 heterocycles. The predicted molar refractivity (Wildman–Crippen MR) is 60.2 cm³/mol. The van der Waals surface area contributed by atoms with Gasteiger partial charge in [-0.3, -0.25) is 0 Å². The maximum absolute atomic E-state index is 9.12. The van der Waals surface area contributed by atoms with Gasteiger partial charge in [0.15, 0.2) is 0 Å². The van der Waals surface area contributed by atoms with Crippen LogP contribution in [0.15, 0.2) is 24.3 Å². The van der Waals surface area contributed by atoms with E-state index < -0.39 is 0 Å². The lowest BCUT2D eigenvalue weighted by molar-refractivity contribution is 0.280. The summed E-state index contributed by atoms with van der Waals surface area (Å²) in [5.74, 6) is 0. The molecule has 0 aliphatic rings. The fourth-order valence-electron chi connectivity index (χ4n) is 1.70. The fraction of sp³-hybridized carbons (Fsp3) is 0.538. The predicted octanol–water partition coefficient (Wildman–Crippen LogP) is 3.30. The highest BCUT2D eigenvalue weighted by molar-refractivity contribution is 5.26. The van der Waals surface area contributed by atoms with Crippen molar-refractivity contribution in [3.63, 3.8) is 0 Å². The Morgan fingerprint density at radius 1 is 1.00 bits per heavy atom. The molecule has 1 nitrogen and oxygen atoms in total. The summed E-state index contributed by atoms with van der Waals surface area (Å²) in [6.45, 7) is 2.39. The molecule has 14 heavy (non-hydrogen) atoms. The number of aliphatic hydroxyl groups excluding tert-OH is 1. The van der Waals surface area contributed by atoms with E-state index in [1.807, 2.05) is 18.2 Å². The Bertz CT molecular complexity index is 255. The molecule has 0 fully saturated rings. The van der Waals surface area contributed by atoms with E-state index in [4.69, 9.17) is 5.11 Å². The second-order valence-corrected chi connectivity index (χ2v) is 3.74. The molecular weight excluding hydrogens is 172 g/mol. The normalized spacial score (nSPS) is 10.4. The highest BCUT2D eigenvalue weighted by atomic mass is 16.3. The van der Waals surface area contributed by atoms with Crippen molar-refractivity contribution in [2.75, 3.05) is 0 Å². The van der Waals surface area contributed by atoms with Crippen LogP contribution in [0.25, 0.3) is 0 Å². The summed E-state index contributed by atoms with van der Waals surface area (Å²) in [6.07, 6.45) is 6.25. The molecule has 0 saturated heterocycles. The molecule has 0 aromatic heterocycles. The molecule has 0 unspecified atom stereocenters. The summed E-state index contributed by atoms with van der Waals surface area (Å²) >= 11 is 0. The Balaban J connectivity index is 2.41. The minimum absolute atomic E-state index is 0.171. The van der Waals surface area contributed by atoms with Gasteiger partial charge in [-0.25, -0.2) is 0 Å². The summed E-state index contributed by atoms with van der Waals surface area (Å²) in [5, 5.41) is 9.12. The maximum Gasteiger partial charge on any atom is 0.0684 e. The lowest BCUT2D eigenvalue weighted by Gasteiger charge is -2.06. The highest BCUT2D eigenvalue weighted by Crippen LogP contribution is 2.13. The molecule has 1 heteroatoms. The molecule has 0 aliphatic carbocycles. The number of rotatable bonds is 6.